The first-order valence-electron chi connectivity index (χ1n) is 9.77. The standard InChI is InChI=1S/C23H24N4O3S/c1-14(2)21(28)24-17-10-9-15(3)18(13-17)26-22(29)19-11-12-20(31-19)27-23(30)25-16-7-5-4-6-8-16/h4-14H,1-3H3,(H,24,28)(H,26,29)(H2,25,27,30). The molecule has 0 radical (unpaired) electrons. The zero-order valence-electron chi connectivity index (χ0n) is 17.5. The average molecular weight is 437 g/mol. The molecule has 0 atom stereocenters. The van der Waals surface area contributed by atoms with Gasteiger partial charge in [0.1, 0.15) is 0 Å². The summed E-state index contributed by atoms with van der Waals surface area (Å²) in [5.74, 6) is -0.531. The quantitative estimate of drug-likeness (QED) is 0.408. The van der Waals surface area contributed by atoms with Crippen LogP contribution in [0.5, 0.6) is 0 Å². The van der Waals surface area contributed by atoms with Gasteiger partial charge in [-0.05, 0) is 48.9 Å². The topological polar surface area (TPSA) is 99.3 Å². The fourth-order valence-corrected chi connectivity index (χ4v) is 3.42. The Morgan fingerprint density at radius 2 is 1.55 bits per heavy atom. The summed E-state index contributed by atoms with van der Waals surface area (Å²) < 4.78 is 0. The van der Waals surface area contributed by atoms with Gasteiger partial charge < -0.3 is 16.0 Å². The number of amides is 4. The summed E-state index contributed by atoms with van der Waals surface area (Å²) in [5.41, 5.74) is 2.77. The summed E-state index contributed by atoms with van der Waals surface area (Å²) in [4.78, 5) is 37.2. The van der Waals surface area contributed by atoms with Crippen LogP contribution < -0.4 is 21.3 Å². The second-order valence-electron chi connectivity index (χ2n) is 7.24. The SMILES string of the molecule is Cc1ccc(NC(=O)C(C)C)cc1NC(=O)c1ccc(NC(=O)Nc2ccccc2)s1. The van der Waals surface area contributed by atoms with Crippen LogP contribution in [0.15, 0.2) is 60.7 Å². The van der Waals surface area contributed by atoms with Crippen LogP contribution in [-0.4, -0.2) is 17.8 Å². The Kier molecular flexibility index (Phi) is 7.04. The van der Waals surface area contributed by atoms with Gasteiger partial charge in [-0.15, -0.1) is 11.3 Å². The van der Waals surface area contributed by atoms with Crippen LogP contribution in [0.2, 0.25) is 0 Å². The first kappa shape index (κ1) is 22.0. The highest BCUT2D eigenvalue weighted by Gasteiger charge is 2.14. The van der Waals surface area contributed by atoms with E-state index in [4.69, 9.17) is 0 Å². The van der Waals surface area contributed by atoms with Crippen molar-refractivity contribution in [3.05, 3.63) is 71.1 Å². The molecule has 1 heterocycles. The summed E-state index contributed by atoms with van der Waals surface area (Å²) in [6.45, 7) is 5.50. The molecule has 4 amide bonds. The Morgan fingerprint density at radius 3 is 2.26 bits per heavy atom. The Morgan fingerprint density at radius 1 is 0.806 bits per heavy atom. The van der Waals surface area contributed by atoms with Crippen molar-refractivity contribution < 1.29 is 14.4 Å². The molecule has 0 saturated carbocycles. The second kappa shape index (κ2) is 9.90. The van der Waals surface area contributed by atoms with Crippen molar-refractivity contribution in [3.63, 3.8) is 0 Å². The monoisotopic (exact) mass is 436 g/mol. The van der Waals surface area contributed by atoms with Gasteiger partial charge in [0.05, 0.1) is 9.88 Å². The molecular weight excluding hydrogens is 412 g/mol. The van der Waals surface area contributed by atoms with E-state index < -0.39 is 0 Å². The van der Waals surface area contributed by atoms with Gasteiger partial charge in [0.2, 0.25) is 5.91 Å². The average Bonchev–Trinajstić information content (AvgIpc) is 3.19. The smallest absolute Gasteiger partial charge is 0.324 e. The Balaban J connectivity index is 1.63. The fourth-order valence-electron chi connectivity index (χ4n) is 2.63. The van der Waals surface area contributed by atoms with Gasteiger partial charge in [0, 0.05) is 23.0 Å². The fraction of sp³-hybridized carbons (Fsp3) is 0.174. The van der Waals surface area contributed by atoms with Gasteiger partial charge >= 0.3 is 6.03 Å². The summed E-state index contributed by atoms with van der Waals surface area (Å²) in [7, 11) is 0. The van der Waals surface area contributed by atoms with E-state index in [1.165, 1.54) is 11.3 Å². The summed E-state index contributed by atoms with van der Waals surface area (Å²) in [5, 5.41) is 11.7. The molecule has 4 N–H and O–H groups in total. The highest BCUT2D eigenvalue weighted by Crippen LogP contribution is 2.25. The van der Waals surface area contributed by atoms with E-state index >= 15 is 0 Å². The maximum Gasteiger partial charge on any atom is 0.324 e. The second-order valence-corrected chi connectivity index (χ2v) is 8.32. The van der Waals surface area contributed by atoms with Crippen LogP contribution in [-0.2, 0) is 4.79 Å². The van der Waals surface area contributed by atoms with E-state index in [2.05, 4.69) is 21.3 Å². The largest absolute Gasteiger partial charge is 0.326 e. The first-order chi connectivity index (χ1) is 14.8. The van der Waals surface area contributed by atoms with Crippen molar-refractivity contribution in [1.82, 2.24) is 0 Å². The molecule has 3 aromatic rings. The van der Waals surface area contributed by atoms with Crippen molar-refractivity contribution in [3.8, 4) is 0 Å². The number of carbonyl (C=O) groups excluding carboxylic acids is 3. The van der Waals surface area contributed by atoms with E-state index in [0.29, 0.717) is 26.9 Å². The van der Waals surface area contributed by atoms with E-state index in [1.54, 1.807) is 36.4 Å². The molecule has 1 aromatic heterocycles. The number of thiophene rings is 1. The van der Waals surface area contributed by atoms with Crippen LogP contribution in [0.25, 0.3) is 0 Å². The molecule has 0 aliphatic rings. The Labute approximate surface area is 184 Å². The zero-order valence-corrected chi connectivity index (χ0v) is 18.3. The van der Waals surface area contributed by atoms with E-state index in [0.717, 1.165) is 5.56 Å². The van der Waals surface area contributed by atoms with E-state index in [9.17, 15) is 14.4 Å². The third kappa shape index (κ3) is 6.16. The molecule has 0 saturated heterocycles. The van der Waals surface area contributed by atoms with E-state index in [1.807, 2.05) is 45.0 Å². The summed E-state index contributed by atoms with van der Waals surface area (Å²) >= 11 is 1.17. The lowest BCUT2D eigenvalue weighted by Crippen LogP contribution is -2.18. The number of anilines is 4. The minimum Gasteiger partial charge on any atom is -0.326 e. The van der Waals surface area contributed by atoms with Crippen LogP contribution >= 0.6 is 11.3 Å². The number of hydrogen-bond acceptors (Lipinski definition) is 4. The third-order valence-electron chi connectivity index (χ3n) is 4.38. The van der Waals surface area contributed by atoms with Gasteiger partial charge in [-0.1, -0.05) is 38.1 Å². The van der Waals surface area contributed by atoms with Crippen LogP contribution in [0.1, 0.15) is 29.1 Å². The number of aryl methyl sites for hydroxylation is 1. The van der Waals surface area contributed by atoms with Gasteiger partial charge in [-0.2, -0.15) is 0 Å². The highest BCUT2D eigenvalue weighted by molar-refractivity contribution is 7.18. The molecule has 0 aliphatic carbocycles. The summed E-state index contributed by atoms with van der Waals surface area (Å²) in [6.07, 6.45) is 0. The summed E-state index contributed by atoms with van der Waals surface area (Å²) in [6, 6.07) is 17.4. The number of rotatable bonds is 6. The molecule has 2 aromatic carbocycles. The number of benzene rings is 2. The normalized spacial score (nSPS) is 10.5. The highest BCUT2D eigenvalue weighted by atomic mass is 32.1. The number of nitrogens with one attached hydrogen (secondary N) is 4. The number of carbonyl (C=O) groups is 3. The third-order valence-corrected chi connectivity index (χ3v) is 5.38. The van der Waals surface area contributed by atoms with Crippen molar-refractivity contribution in [2.45, 2.75) is 20.8 Å². The molecule has 0 bridgehead atoms. The number of hydrogen-bond donors (Lipinski definition) is 4. The van der Waals surface area contributed by atoms with Crippen LogP contribution in [0.4, 0.5) is 26.9 Å². The molecule has 8 heteroatoms. The lowest BCUT2D eigenvalue weighted by Gasteiger charge is -2.12. The molecule has 31 heavy (non-hydrogen) atoms. The molecule has 0 unspecified atom stereocenters. The molecule has 160 valence electrons. The van der Waals surface area contributed by atoms with E-state index in [-0.39, 0.29) is 23.8 Å². The predicted octanol–water partition coefficient (Wildman–Crippen LogP) is 5.55. The predicted molar refractivity (Wildman–Crippen MR) is 126 cm³/mol. The van der Waals surface area contributed by atoms with Crippen molar-refractivity contribution in [2.24, 2.45) is 5.92 Å². The van der Waals surface area contributed by atoms with Gasteiger partial charge in [-0.25, -0.2) is 4.79 Å². The number of para-hydroxylation sites is 1. The molecule has 0 aliphatic heterocycles. The molecular formula is C23H24N4O3S. The molecule has 0 spiro atoms. The van der Waals surface area contributed by atoms with Gasteiger partial charge in [0.15, 0.2) is 0 Å². The number of urea groups is 1. The minimum atomic E-state index is -0.385. The molecule has 0 fully saturated rings. The molecule has 3 rings (SSSR count). The van der Waals surface area contributed by atoms with Crippen molar-refractivity contribution in [2.75, 3.05) is 21.3 Å². The van der Waals surface area contributed by atoms with Crippen LogP contribution in [0, 0.1) is 12.8 Å². The van der Waals surface area contributed by atoms with Crippen molar-refractivity contribution in [1.29, 1.82) is 0 Å². The van der Waals surface area contributed by atoms with Gasteiger partial charge in [-0.3, -0.25) is 14.9 Å². The Hall–Kier alpha value is -3.65. The van der Waals surface area contributed by atoms with Gasteiger partial charge in [0.25, 0.3) is 5.91 Å². The zero-order chi connectivity index (χ0) is 22.4. The first-order valence-corrected chi connectivity index (χ1v) is 10.6. The lowest BCUT2D eigenvalue weighted by atomic mass is 10.1. The van der Waals surface area contributed by atoms with Crippen LogP contribution in [0.3, 0.4) is 0 Å². The maximum absolute atomic E-state index is 12.7. The minimum absolute atomic E-state index is 0.0936. The lowest BCUT2D eigenvalue weighted by molar-refractivity contribution is -0.118. The Bertz CT molecular complexity index is 1090. The van der Waals surface area contributed by atoms with Crippen molar-refractivity contribution >= 4 is 51.2 Å². The maximum atomic E-state index is 12.7. The molecule has 7 nitrogen and oxygen atoms in total.